The molecule has 31 heavy (non-hydrogen) atoms. The highest BCUT2D eigenvalue weighted by atomic mass is 35.5. The Labute approximate surface area is 187 Å². The summed E-state index contributed by atoms with van der Waals surface area (Å²) >= 11 is 5.96. The van der Waals surface area contributed by atoms with Crippen LogP contribution in [0.5, 0.6) is 5.75 Å². The van der Waals surface area contributed by atoms with E-state index in [1.54, 1.807) is 12.1 Å². The molecule has 0 spiro atoms. The lowest BCUT2D eigenvalue weighted by Gasteiger charge is -2.18. The fraction of sp³-hybridized carbons (Fsp3) is 0.435. The number of carbonyl (C=O) groups is 1. The summed E-state index contributed by atoms with van der Waals surface area (Å²) in [5, 5.41) is 8.15. The number of halogens is 3. The van der Waals surface area contributed by atoms with Gasteiger partial charge in [-0.25, -0.2) is 13.6 Å². The maximum Gasteiger partial charge on any atom is 0.335 e. The third kappa shape index (κ3) is 12.9. The van der Waals surface area contributed by atoms with E-state index in [1.165, 1.54) is 50.7 Å². The molecule has 0 amide bonds. The Morgan fingerprint density at radius 1 is 1.23 bits per heavy atom. The number of rotatable bonds is 7. The second-order valence-electron chi connectivity index (χ2n) is 7.12. The van der Waals surface area contributed by atoms with Crippen molar-refractivity contribution in [3.8, 4) is 5.75 Å². The topological polar surface area (TPSA) is 75.8 Å². The summed E-state index contributed by atoms with van der Waals surface area (Å²) in [5.74, 6) is -1.13. The summed E-state index contributed by atoms with van der Waals surface area (Å²) in [6, 6.07) is 14.3. The molecule has 0 bridgehead atoms. The number of alkyl halides is 1. The first kappa shape index (κ1) is 26.8. The number of hydrogen-bond acceptors (Lipinski definition) is 4. The van der Waals surface area contributed by atoms with Crippen molar-refractivity contribution in [3.05, 3.63) is 64.9 Å². The molecule has 3 rings (SSSR count). The minimum Gasteiger partial charge on any atom is -0.497 e. The van der Waals surface area contributed by atoms with Crippen molar-refractivity contribution in [2.24, 2.45) is 5.73 Å². The first-order chi connectivity index (χ1) is 14.8. The van der Waals surface area contributed by atoms with Crippen LogP contribution in [0.1, 0.15) is 24.8 Å². The van der Waals surface area contributed by atoms with Crippen LogP contribution in [-0.2, 0) is 11.2 Å². The van der Waals surface area contributed by atoms with Crippen molar-refractivity contribution in [1.29, 1.82) is 0 Å². The molecule has 0 radical (unpaired) electrons. The first-order valence-electron chi connectivity index (χ1n) is 10.1. The zero-order valence-corrected chi connectivity index (χ0v) is 18.5. The number of benzene rings is 2. The molecule has 5 nitrogen and oxygen atoms in total. The highest BCUT2D eigenvalue weighted by Crippen LogP contribution is 2.14. The second kappa shape index (κ2) is 15.6. The van der Waals surface area contributed by atoms with E-state index in [9.17, 15) is 8.78 Å². The largest absolute Gasteiger partial charge is 0.497 e. The first-order valence-corrected chi connectivity index (χ1v) is 10.5. The predicted molar refractivity (Wildman–Crippen MR) is 120 cm³/mol. The van der Waals surface area contributed by atoms with Crippen LogP contribution in [0.2, 0.25) is 5.02 Å². The van der Waals surface area contributed by atoms with Gasteiger partial charge in [-0.2, -0.15) is 0 Å². The van der Waals surface area contributed by atoms with Gasteiger partial charge in [0, 0.05) is 17.1 Å². The van der Waals surface area contributed by atoms with Crippen LogP contribution in [0.3, 0.4) is 0 Å². The van der Waals surface area contributed by atoms with Gasteiger partial charge in [-0.3, -0.25) is 0 Å². The Balaban J connectivity index is 0.000000287. The monoisotopic (exact) mass is 456 g/mol. The molecule has 0 aliphatic carbocycles. The minimum atomic E-state index is -1.41. The minimum absolute atomic E-state index is 0.245. The molecule has 0 saturated carbocycles. The number of ether oxygens (including phenoxy) is 1. The van der Waals surface area contributed by atoms with Crippen molar-refractivity contribution in [3.63, 3.8) is 0 Å². The van der Waals surface area contributed by atoms with E-state index in [0.29, 0.717) is 5.75 Å². The van der Waals surface area contributed by atoms with E-state index < -0.39 is 12.6 Å². The lowest BCUT2D eigenvalue weighted by molar-refractivity contribution is -0.137. The molecular formula is C23H31ClF2N2O3. The Hall–Kier alpha value is -2.22. The molecule has 1 aliphatic rings. The molecule has 8 heteroatoms. The molecule has 1 saturated heterocycles. The zero-order chi connectivity index (χ0) is 23.1. The summed E-state index contributed by atoms with van der Waals surface area (Å²) in [5.41, 5.74) is 7.41. The van der Waals surface area contributed by atoms with Gasteiger partial charge in [0.2, 0.25) is 0 Å². The van der Waals surface area contributed by atoms with Crippen LogP contribution in [0.25, 0.3) is 0 Å². The number of aliphatic carboxylic acids is 1. The van der Waals surface area contributed by atoms with E-state index in [4.69, 9.17) is 32.0 Å². The normalized spacial score (nSPS) is 14.0. The van der Waals surface area contributed by atoms with Crippen LogP contribution < -0.4 is 10.5 Å². The summed E-state index contributed by atoms with van der Waals surface area (Å²) < 4.78 is 27.5. The van der Waals surface area contributed by atoms with E-state index >= 15 is 0 Å². The van der Waals surface area contributed by atoms with E-state index in [0.717, 1.165) is 24.4 Å². The van der Waals surface area contributed by atoms with Crippen molar-refractivity contribution < 1.29 is 23.4 Å². The molecule has 0 aromatic heterocycles. The number of methoxy groups -OCH3 is 1. The molecule has 1 fully saturated rings. The van der Waals surface area contributed by atoms with Gasteiger partial charge < -0.3 is 20.5 Å². The molecule has 1 atom stereocenters. The summed E-state index contributed by atoms with van der Waals surface area (Å²) in [6.07, 6.45) is 4.70. The second-order valence-corrected chi connectivity index (χ2v) is 7.56. The Kier molecular flexibility index (Phi) is 13.5. The Bertz CT molecular complexity index is 774. The quantitative estimate of drug-likeness (QED) is 0.638. The molecule has 2 aromatic rings. The zero-order valence-electron chi connectivity index (χ0n) is 17.8. The van der Waals surface area contributed by atoms with Crippen molar-refractivity contribution in [2.75, 3.05) is 33.4 Å². The maximum atomic E-state index is 12.3. The van der Waals surface area contributed by atoms with E-state index in [-0.39, 0.29) is 11.9 Å². The SMILES string of the molecule is COc1cccc(F)c1.NC(CCN1CCCC1)Cc1cccc(Cl)c1.O=C(O)CF. The van der Waals surface area contributed by atoms with Gasteiger partial charge in [-0.15, -0.1) is 0 Å². The predicted octanol–water partition coefficient (Wildman–Crippen LogP) is 4.57. The number of nitrogens with two attached hydrogens (primary N) is 1. The third-order valence-electron chi connectivity index (χ3n) is 4.55. The molecular weight excluding hydrogens is 426 g/mol. The van der Waals surface area contributed by atoms with Crippen LogP contribution >= 0.6 is 11.6 Å². The fourth-order valence-electron chi connectivity index (χ4n) is 3.02. The maximum absolute atomic E-state index is 12.3. The Morgan fingerprint density at radius 2 is 1.87 bits per heavy atom. The summed E-state index contributed by atoms with van der Waals surface area (Å²) in [7, 11) is 1.51. The molecule has 1 unspecified atom stereocenters. The number of hydrogen-bond donors (Lipinski definition) is 2. The van der Waals surface area contributed by atoms with Gasteiger partial charge >= 0.3 is 5.97 Å². The van der Waals surface area contributed by atoms with Crippen molar-refractivity contribution in [2.45, 2.75) is 31.7 Å². The van der Waals surface area contributed by atoms with Crippen LogP contribution in [0, 0.1) is 5.82 Å². The summed E-state index contributed by atoms with van der Waals surface area (Å²) in [4.78, 5) is 11.5. The average molecular weight is 457 g/mol. The molecule has 3 N–H and O–H groups in total. The lowest BCUT2D eigenvalue weighted by atomic mass is 10.0. The fourth-order valence-corrected chi connectivity index (χ4v) is 3.23. The van der Waals surface area contributed by atoms with Gasteiger partial charge in [-0.05, 0) is 75.1 Å². The number of nitrogens with zero attached hydrogens (tertiary/aromatic N) is 1. The van der Waals surface area contributed by atoms with Gasteiger partial charge in [-0.1, -0.05) is 29.8 Å². The number of likely N-dealkylation sites (tertiary alicyclic amines) is 1. The molecule has 1 aliphatic heterocycles. The van der Waals surface area contributed by atoms with Crippen molar-refractivity contribution >= 4 is 17.6 Å². The van der Waals surface area contributed by atoms with Crippen LogP contribution in [-0.4, -0.2) is 55.4 Å². The van der Waals surface area contributed by atoms with Crippen molar-refractivity contribution in [1.82, 2.24) is 4.90 Å². The highest BCUT2D eigenvalue weighted by Gasteiger charge is 2.13. The van der Waals surface area contributed by atoms with Gasteiger partial charge in [0.05, 0.1) is 7.11 Å². The lowest BCUT2D eigenvalue weighted by Crippen LogP contribution is -2.30. The van der Waals surface area contributed by atoms with Gasteiger partial charge in [0.25, 0.3) is 0 Å². The molecule has 1 heterocycles. The highest BCUT2D eigenvalue weighted by molar-refractivity contribution is 6.30. The number of carboxylic acid groups (broad SMARTS) is 1. The van der Waals surface area contributed by atoms with E-state index in [1.807, 2.05) is 18.2 Å². The Morgan fingerprint density at radius 3 is 2.39 bits per heavy atom. The average Bonchev–Trinajstić information content (AvgIpc) is 3.27. The number of carboxylic acids is 1. The van der Waals surface area contributed by atoms with Crippen LogP contribution in [0.15, 0.2) is 48.5 Å². The smallest absolute Gasteiger partial charge is 0.335 e. The van der Waals surface area contributed by atoms with Crippen LogP contribution in [0.4, 0.5) is 8.78 Å². The standard InChI is InChI=1S/C14H21ClN2.C7H7FO.C2H3FO2/c15-13-5-3-4-12(10-13)11-14(16)6-9-17-7-1-2-8-17;1-9-7-4-2-3-6(8)5-7;3-1-2(4)5/h3-5,10,14H,1-2,6-9,11,16H2;2-5H,1H3;1H2,(H,4,5). The van der Waals surface area contributed by atoms with Gasteiger partial charge in [0.1, 0.15) is 11.6 Å². The molecule has 2 aromatic carbocycles. The van der Waals surface area contributed by atoms with E-state index in [2.05, 4.69) is 11.0 Å². The molecule has 172 valence electrons. The third-order valence-corrected chi connectivity index (χ3v) is 4.78. The summed E-state index contributed by atoms with van der Waals surface area (Å²) in [6.45, 7) is 2.37. The van der Waals surface area contributed by atoms with Gasteiger partial charge in [0.15, 0.2) is 6.67 Å².